The maximum absolute atomic E-state index is 14.5. The Morgan fingerprint density at radius 2 is 1.80 bits per heavy atom. The molecule has 218 valence electrons. The van der Waals surface area contributed by atoms with Gasteiger partial charge in [-0.2, -0.15) is 4.98 Å². The Morgan fingerprint density at radius 1 is 1.05 bits per heavy atom. The second-order valence-corrected chi connectivity index (χ2v) is 11.8. The van der Waals surface area contributed by atoms with Crippen molar-refractivity contribution in [2.24, 2.45) is 17.8 Å². The highest BCUT2D eigenvalue weighted by molar-refractivity contribution is 5.77. The van der Waals surface area contributed by atoms with Crippen LogP contribution in [0, 0.1) is 23.6 Å². The minimum Gasteiger partial charge on any atom is -0.491 e. The number of anilines is 4. The van der Waals surface area contributed by atoms with Crippen LogP contribution in [-0.4, -0.2) is 34.2 Å². The van der Waals surface area contributed by atoms with Crippen LogP contribution in [0.5, 0.6) is 11.5 Å². The number of fused-ring (bicyclic) bond motifs is 1. The summed E-state index contributed by atoms with van der Waals surface area (Å²) in [5, 5.41) is 6.12. The van der Waals surface area contributed by atoms with E-state index < -0.39 is 11.9 Å². The second-order valence-electron chi connectivity index (χ2n) is 11.8. The minimum atomic E-state index is -0.666. The topological polar surface area (TPSA) is 94.6 Å². The Hall–Kier alpha value is -3.88. The monoisotopic (exact) mass is 562 g/mol. The lowest BCUT2D eigenvalue weighted by Crippen LogP contribution is -2.39. The summed E-state index contributed by atoms with van der Waals surface area (Å²) in [7, 11) is 0. The lowest BCUT2D eigenvalue weighted by Gasteiger charge is -2.37. The first-order valence-electron chi connectivity index (χ1n) is 14.5. The highest BCUT2D eigenvalue weighted by Gasteiger charge is 2.37. The van der Waals surface area contributed by atoms with Gasteiger partial charge in [0.25, 0.3) is 0 Å². The van der Waals surface area contributed by atoms with Crippen molar-refractivity contribution < 1.29 is 23.4 Å². The molecule has 2 N–H and O–H groups in total. The van der Waals surface area contributed by atoms with Crippen molar-refractivity contribution in [1.82, 2.24) is 9.97 Å². The molecule has 2 heterocycles. The van der Waals surface area contributed by atoms with Crippen LogP contribution in [0.15, 0.2) is 48.7 Å². The van der Waals surface area contributed by atoms with Gasteiger partial charge in [-0.1, -0.05) is 27.2 Å². The van der Waals surface area contributed by atoms with Crippen molar-refractivity contribution in [2.75, 3.05) is 10.6 Å². The van der Waals surface area contributed by atoms with Gasteiger partial charge >= 0.3 is 5.97 Å². The third-order valence-corrected chi connectivity index (χ3v) is 7.72. The normalized spacial score (nSPS) is 21.8. The van der Waals surface area contributed by atoms with E-state index in [4.69, 9.17) is 14.2 Å². The molecule has 1 fully saturated rings. The fourth-order valence-corrected chi connectivity index (χ4v) is 5.60. The van der Waals surface area contributed by atoms with Crippen molar-refractivity contribution in [3.63, 3.8) is 0 Å². The van der Waals surface area contributed by atoms with Gasteiger partial charge < -0.3 is 24.8 Å². The van der Waals surface area contributed by atoms with Gasteiger partial charge in [0.2, 0.25) is 5.95 Å². The molecule has 4 atom stereocenters. The number of halogens is 1. The standard InChI is InChI=1S/C32H39FN4O4/c1-18(2)25-12-6-20(5)14-28(25)41-31(38)29-16-21-15-23(9-13-27(21)40-29)36-32-34-17-26(33)30(37-32)35-22-7-10-24(11-8-22)39-19(3)4/h7-11,13,15,17-20,25,28-29H,6,12,14,16H2,1-5H3,(H2,34,35,36,37)/t20-,25?,28?,29-/m1/s1. The van der Waals surface area contributed by atoms with Crippen LogP contribution >= 0.6 is 0 Å². The van der Waals surface area contributed by atoms with Gasteiger partial charge in [-0.25, -0.2) is 14.2 Å². The average Bonchev–Trinajstić information content (AvgIpc) is 3.35. The molecule has 1 aromatic heterocycles. The smallest absolute Gasteiger partial charge is 0.347 e. The third-order valence-electron chi connectivity index (χ3n) is 7.72. The third kappa shape index (κ3) is 7.07. The highest BCUT2D eigenvalue weighted by atomic mass is 19.1. The first-order chi connectivity index (χ1) is 19.6. The molecule has 2 unspecified atom stereocenters. The number of nitrogens with one attached hydrogen (secondary N) is 2. The van der Waals surface area contributed by atoms with Crippen molar-refractivity contribution in [2.45, 2.75) is 78.6 Å². The molecule has 0 radical (unpaired) electrons. The number of hydrogen-bond donors (Lipinski definition) is 2. The highest BCUT2D eigenvalue weighted by Crippen LogP contribution is 2.37. The zero-order chi connectivity index (χ0) is 29.1. The average molecular weight is 563 g/mol. The molecule has 9 heteroatoms. The first kappa shape index (κ1) is 28.6. The molecule has 0 saturated heterocycles. The fraction of sp³-hybridized carbons (Fsp3) is 0.469. The van der Waals surface area contributed by atoms with E-state index in [0.29, 0.717) is 41.3 Å². The number of aromatic nitrogens is 2. The molecule has 1 aliphatic carbocycles. The molecule has 41 heavy (non-hydrogen) atoms. The van der Waals surface area contributed by atoms with Crippen LogP contribution in [0.3, 0.4) is 0 Å². The van der Waals surface area contributed by atoms with E-state index in [2.05, 4.69) is 41.4 Å². The van der Waals surface area contributed by atoms with E-state index in [-0.39, 0.29) is 29.9 Å². The zero-order valence-electron chi connectivity index (χ0n) is 24.3. The zero-order valence-corrected chi connectivity index (χ0v) is 24.3. The molecule has 8 nitrogen and oxygen atoms in total. The molecule has 2 aliphatic rings. The summed E-state index contributed by atoms with van der Waals surface area (Å²) in [6.45, 7) is 10.5. The van der Waals surface area contributed by atoms with Gasteiger partial charge in [0.05, 0.1) is 12.3 Å². The molecule has 0 amide bonds. The van der Waals surface area contributed by atoms with Crippen molar-refractivity contribution in [3.8, 4) is 11.5 Å². The summed E-state index contributed by atoms with van der Waals surface area (Å²) in [6.07, 6.45) is 4.03. The Labute approximate surface area is 241 Å². The predicted molar refractivity (Wildman–Crippen MR) is 157 cm³/mol. The van der Waals surface area contributed by atoms with Crippen molar-refractivity contribution >= 4 is 29.1 Å². The van der Waals surface area contributed by atoms with Crippen LogP contribution < -0.4 is 20.1 Å². The summed E-state index contributed by atoms with van der Waals surface area (Å²) in [5.41, 5.74) is 2.26. The van der Waals surface area contributed by atoms with E-state index in [1.165, 1.54) is 6.42 Å². The number of hydrogen-bond acceptors (Lipinski definition) is 8. The van der Waals surface area contributed by atoms with Crippen LogP contribution in [0.25, 0.3) is 0 Å². The van der Waals surface area contributed by atoms with Gasteiger partial charge in [0, 0.05) is 23.4 Å². The number of esters is 1. The molecule has 1 aliphatic heterocycles. The van der Waals surface area contributed by atoms with Gasteiger partial charge in [-0.3, -0.25) is 0 Å². The molecule has 1 saturated carbocycles. The van der Waals surface area contributed by atoms with Crippen LogP contribution in [0.4, 0.5) is 27.5 Å². The molecular weight excluding hydrogens is 523 g/mol. The van der Waals surface area contributed by atoms with Crippen molar-refractivity contribution in [3.05, 3.63) is 60.0 Å². The van der Waals surface area contributed by atoms with Gasteiger partial charge in [-0.05, 0) is 86.9 Å². The summed E-state index contributed by atoms with van der Waals surface area (Å²) in [4.78, 5) is 21.5. The van der Waals surface area contributed by atoms with Gasteiger partial charge in [-0.15, -0.1) is 0 Å². The minimum absolute atomic E-state index is 0.0454. The quantitative estimate of drug-likeness (QED) is 0.265. The van der Waals surface area contributed by atoms with E-state index in [9.17, 15) is 9.18 Å². The number of ether oxygens (including phenoxy) is 3. The SMILES string of the molecule is CC(C)Oc1ccc(Nc2nc(Nc3ccc4c(c3)C[C@H](C(=O)OC3C[C@H](C)CCC3C(C)C)O4)ncc2F)cc1. The van der Waals surface area contributed by atoms with E-state index >= 15 is 0 Å². The Morgan fingerprint density at radius 3 is 2.54 bits per heavy atom. The lowest BCUT2D eigenvalue weighted by atomic mass is 9.75. The molecule has 2 aromatic carbocycles. The Bertz CT molecular complexity index is 1360. The largest absolute Gasteiger partial charge is 0.491 e. The number of benzene rings is 2. The Balaban J connectivity index is 1.22. The van der Waals surface area contributed by atoms with Gasteiger partial charge in [0.15, 0.2) is 17.7 Å². The summed E-state index contributed by atoms with van der Waals surface area (Å²) >= 11 is 0. The number of nitrogens with zero attached hydrogens (tertiary/aromatic N) is 2. The number of rotatable bonds is 9. The summed E-state index contributed by atoms with van der Waals surface area (Å²) in [5.74, 6) is 2.17. The van der Waals surface area contributed by atoms with Crippen molar-refractivity contribution in [1.29, 1.82) is 0 Å². The van der Waals surface area contributed by atoms with Crippen LogP contribution in [-0.2, 0) is 16.0 Å². The molecule has 3 aromatic rings. The molecule has 0 spiro atoms. The lowest BCUT2D eigenvalue weighted by molar-refractivity contribution is -0.163. The maximum atomic E-state index is 14.5. The summed E-state index contributed by atoms with van der Waals surface area (Å²) < 4.78 is 32.2. The fourth-order valence-electron chi connectivity index (χ4n) is 5.60. The molecular formula is C32H39FN4O4. The number of carbonyl (C=O) groups excluding carboxylic acids is 1. The molecule has 0 bridgehead atoms. The van der Waals surface area contributed by atoms with E-state index in [0.717, 1.165) is 30.4 Å². The second kappa shape index (κ2) is 12.3. The maximum Gasteiger partial charge on any atom is 0.347 e. The summed E-state index contributed by atoms with van der Waals surface area (Å²) in [6, 6.07) is 12.8. The van der Waals surface area contributed by atoms with Gasteiger partial charge in [0.1, 0.15) is 17.6 Å². The van der Waals surface area contributed by atoms with Crippen LogP contribution in [0.1, 0.15) is 59.4 Å². The van der Waals surface area contributed by atoms with E-state index in [1.807, 2.05) is 44.2 Å². The Kier molecular flexibility index (Phi) is 8.61. The first-order valence-corrected chi connectivity index (χ1v) is 14.5. The number of carbonyl (C=O) groups is 1. The molecule has 5 rings (SSSR count). The predicted octanol–water partition coefficient (Wildman–Crippen LogP) is 7.20. The van der Waals surface area contributed by atoms with E-state index in [1.54, 1.807) is 12.1 Å². The van der Waals surface area contributed by atoms with Crippen LogP contribution in [0.2, 0.25) is 0 Å².